The number of piperidine rings is 1. The smallest absolute Gasteiger partial charge is 0.320 e. The van der Waals surface area contributed by atoms with E-state index in [-0.39, 0.29) is 11.9 Å². The Bertz CT molecular complexity index is 985. The fourth-order valence-electron chi connectivity index (χ4n) is 4.26. The van der Waals surface area contributed by atoms with Crippen molar-refractivity contribution in [1.29, 1.82) is 0 Å². The van der Waals surface area contributed by atoms with Crippen LogP contribution in [0.1, 0.15) is 35.2 Å². The number of halogens is 1. The Hall–Kier alpha value is -2.93. The van der Waals surface area contributed by atoms with Gasteiger partial charge in [0.2, 0.25) is 0 Å². The van der Waals surface area contributed by atoms with Gasteiger partial charge < -0.3 is 24.2 Å². The molecule has 2 aliphatic heterocycles. The summed E-state index contributed by atoms with van der Waals surface area (Å²) in [6.45, 7) is 4.12. The third kappa shape index (κ3) is 5.53. The number of amides is 3. The van der Waals surface area contributed by atoms with Gasteiger partial charge in [0.15, 0.2) is 11.5 Å². The molecule has 0 bridgehead atoms. The molecule has 2 aromatic carbocycles. The van der Waals surface area contributed by atoms with E-state index in [1.54, 1.807) is 30.2 Å². The number of nitrogens with zero attached hydrogens (tertiary/aromatic N) is 3. The minimum absolute atomic E-state index is 0.0731. The average molecular weight is 472 g/mol. The summed E-state index contributed by atoms with van der Waals surface area (Å²) in [4.78, 5) is 31.4. The number of carbonyl (C=O) groups excluding carboxylic acids is 2. The lowest BCUT2D eigenvalue weighted by Gasteiger charge is -2.38. The van der Waals surface area contributed by atoms with Crippen molar-refractivity contribution in [2.45, 2.75) is 25.9 Å². The van der Waals surface area contributed by atoms with Crippen molar-refractivity contribution >= 4 is 23.5 Å². The fourth-order valence-corrected chi connectivity index (χ4v) is 4.45. The molecule has 0 aromatic heterocycles. The van der Waals surface area contributed by atoms with Gasteiger partial charge in [-0.1, -0.05) is 29.8 Å². The molecule has 0 spiro atoms. The molecule has 2 aromatic rings. The first-order chi connectivity index (χ1) is 16.1. The Morgan fingerprint density at radius 3 is 2.21 bits per heavy atom. The highest BCUT2D eigenvalue weighted by Gasteiger charge is 2.28. The number of carbonyl (C=O) groups is 2. The molecule has 0 atom stereocenters. The van der Waals surface area contributed by atoms with Crippen molar-refractivity contribution in [2.24, 2.45) is 0 Å². The predicted octanol–water partition coefficient (Wildman–Crippen LogP) is 4.29. The zero-order chi connectivity index (χ0) is 23.2. The van der Waals surface area contributed by atoms with Gasteiger partial charge >= 0.3 is 6.03 Å². The van der Waals surface area contributed by atoms with Crippen LogP contribution in [0.5, 0.6) is 11.5 Å². The van der Waals surface area contributed by atoms with Crippen LogP contribution in [-0.4, -0.2) is 73.0 Å². The third-order valence-corrected chi connectivity index (χ3v) is 6.58. The predicted molar refractivity (Wildman–Crippen MR) is 127 cm³/mol. The van der Waals surface area contributed by atoms with Crippen molar-refractivity contribution in [2.75, 3.05) is 46.4 Å². The van der Waals surface area contributed by atoms with Gasteiger partial charge in [0.05, 0.1) is 7.11 Å². The summed E-state index contributed by atoms with van der Waals surface area (Å²) in [6, 6.07) is 12.8. The van der Waals surface area contributed by atoms with E-state index in [1.807, 2.05) is 34.1 Å². The maximum Gasteiger partial charge on any atom is 0.320 e. The highest BCUT2D eigenvalue weighted by atomic mass is 35.5. The van der Waals surface area contributed by atoms with Crippen LogP contribution in [0.15, 0.2) is 42.5 Å². The van der Waals surface area contributed by atoms with E-state index in [1.165, 1.54) is 6.42 Å². The summed E-state index contributed by atoms with van der Waals surface area (Å²) in [7, 11) is 1.55. The van der Waals surface area contributed by atoms with E-state index in [4.69, 9.17) is 21.1 Å². The molecule has 0 aliphatic carbocycles. The molecule has 2 fully saturated rings. The zero-order valence-electron chi connectivity index (χ0n) is 19.0. The second-order valence-corrected chi connectivity index (χ2v) is 8.76. The molecular formula is C25H30ClN3O4. The van der Waals surface area contributed by atoms with Crippen LogP contribution in [0.3, 0.4) is 0 Å². The number of hydrogen-bond donors (Lipinski definition) is 0. The number of piperazine rings is 1. The fraction of sp³-hybridized carbons (Fsp3) is 0.440. The van der Waals surface area contributed by atoms with Crippen molar-refractivity contribution in [1.82, 2.24) is 14.7 Å². The van der Waals surface area contributed by atoms with E-state index in [0.717, 1.165) is 31.5 Å². The zero-order valence-corrected chi connectivity index (χ0v) is 19.7. The van der Waals surface area contributed by atoms with Gasteiger partial charge in [-0.3, -0.25) is 4.79 Å². The molecule has 33 heavy (non-hydrogen) atoms. The summed E-state index contributed by atoms with van der Waals surface area (Å²) >= 11 is 6.20. The molecule has 0 N–H and O–H groups in total. The molecule has 0 radical (unpaired) electrons. The van der Waals surface area contributed by atoms with Crippen LogP contribution in [0.2, 0.25) is 5.02 Å². The van der Waals surface area contributed by atoms with Crippen molar-refractivity contribution in [3.05, 3.63) is 58.6 Å². The molecule has 7 nitrogen and oxygen atoms in total. The maximum atomic E-state index is 13.1. The van der Waals surface area contributed by atoms with Gasteiger partial charge in [-0.25, -0.2) is 4.79 Å². The van der Waals surface area contributed by atoms with E-state index >= 15 is 0 Å². The van der Waals surface area contributed by atoms with Crippen LogP contribution in [0.25, 0.3) is 0 Å². The minimum atomic E-state index is -0.0731. The molecule has 2 heterocycles. The van der Waals surface area contributed by atoms with Gasteiger partial charge in [0.1, 0.15) is 6.61 Å². The van der Waals surface area contributed by atoms with E-state index in [2.05, 4.69) is 0 Å². The van der Waals surface area contributed by atoms with Crippen LogP contribution in [-0.2, 0) is 6.61 Å². The molecule has 0 saturated carbocycles. The van der Waals surface area contributed by atoms with Crippen LogP contribution < -0.4 is 9.47 Å². The molecule has 2 saturated heterocycles. The summed E-state index contributed by atoms with van der Waals surface area (Å²) in [5, 5.41) is 0.640. The molecule has 2 aliphatic rings. The minimum Gasteiger partial charge on any atom is -0.493 e. The average Bonchev–Trinajstić information content (AvgIpc) is 2.88. The third-order valence-electron chi connectivity index (χ3n) is 6.22. The first kappa shape index (κ1) is 23.2. The van der Waals surface area contributed by atoms with Crippen LogP contribution in [0.4, 0.5) is 4.79 Å². The van der Waals surface area contributed by atoms with E-state index in [9.17, 15) is 9.59 Å². The highest BCUT2D eigenvalue weighted by molar-refractivity contribution is 6.31. The molecule has 0 unspecified atom stereocenters. The lowest BCUT2D eigenvalue weighted by molar-refractivity contribution is 0.0632. The molecule has 8 heteroatoms. The Morgan fingerprint density at radius 1 is 0.848 bits per heavy atom. The highest BCUT2D eigenvalue weighted by Crippen LogP contribution is 2.30. The molecule has 4 rings (SSSR count). The first-order valence-corrected chi connectivity index (χ1v) is 11.8. The lowest BCUT2D eigenvalue weighted by Crippen LogP contribution is -2.54. The molecule has 3 amide bonds. The van der Waals surface area contributed by atoms with Gasteiger partial charge in [-0.15, -0.1) is 0 Å². The number of benzene rings is 2. The van der Waals surface area contributed by atoms with Crippen molar-refractivity contribution in [3.8, 4) is 11.5 Å². The topological polar surface area (TPSA) is 62.3 Å². The van der Waals surface area contributed by atoms with E-state index in [0.29, 0.717) is 54.9 Å². The second kappa shape index (κ2) is 10.8. The number of hydrogen-bond acceptors (Lipinski definition) is 4. The van der Waals surface area contributed by atoms with Gasteiger partial charge in [-0.05, 0) is 43.5 Å². The number of urea groups is 1. The Labute approximate surface area is 199 Å². The lowest BCUT2D eigenvalue weighted by atomic mass is 10.1. The Balaban J connectivity index is 1.35. The quantitative estimate of drug-likeness (QED) is 0.652. The number of ether oxygens (including phenoxy) is 2. The second-order valence-electron chi connectivity index (χ2n) is 8.36. The van der Waals surface area contributed by atoms with Crippen LogP contribution >= 0.6 is 11.6 Å². The number of methoxy groups -OCH3 is 1. The van der Waals surface area contributed by atoms with Gasteiger partial charge in [0, 0.05) is 55.4 Å². The van der Waals surface area contributed by atoms with Gasteiger partial charge in [-0.2, -0.15) is 0 Å². The maximum absolute atomic E-state index is 13.1. The normalized spacial score (nSPS) is 16.5. The van der Waals surface area contributed by atoms with Crippen molar-refractivity contribution in [3.63, 3.8) is 0 Å². The molecular weight excluding hydrogens is 442 g/mol. The summed E-state index contributed by atoms with van der Waals surface area (Å²) in [5.41, 5.74) is 1.41. The summed E-state index contributed by atoms with van der Waals surface area (Å²) < 4.78 is 11.4. The largest absolute Gasteiger partial charge is 0.493 e. The molecule has 176 valence electrons. The number of rotatable bonds is 5. The number of likely N-dealkylation sites (tertiary alicyclic amines) is 1. The standard InChI is InChI=1S/C25H30ClN3O4/c1-32-23-17-19(9-10-22(23)33-18-20-7-3-4-8-21(20)26)24(30)27-13-15-29(16-14-27)25(31)28-11-5-2-6-12-28/h3-4,7-10,17H,2,5-6,11-16,18H2,1H3. The van der Waals surface area contributed by atoms with Crippen molar-refractivity contribution < 1.29 is 19.1 Å². The van der Waals surface area contributed by atoms with Gasteiger partial charge in [0.25, 0.3) is 5.91 Å². The Morgan fingerprint density at radius 2 is 1.52 bits per heavy atom. The monoisotopic (exact) mass is 471 g/mol. The Kier molecular flexibility index (Phi) is 7.60. The summed E-state index contributed by atoms with van der Waals surface area (Å²) in [5.74, 6) is 0.966. The van der Waals surface area contributed by atoms with E-state index < -0.39 is 0 Å². The van der Waals surface area contributed by atoms with Crippen LogP contribution in [0, 0.1) is 0 Å². The first-order valence-electron chi connectivity index (χ1n) is 11.4. The SMILES string of the molecule is COc1cc(C(=O)N2CCN(C(=O)N3CCCCC3)CC2)ccc1OCc1ccccc1Cl. The summed E-state index contributed by atoms with van der Waals surface area (Å²) in [6.07, 6.45) is 3.34.